The van der Waals surface area contributed by atoms with E-state index in [9.17, 15) is 0 Å². The van der Waals surface area contributed by atoms with Crippen molar-refractivity contribution in [3.05, 3.63) is 42.4 Å². The molecule has 17 heavy (non-hydrogen) atoms. The Morgan fingerprint density at radius 2 is 2.47 bits per heavy atom. The first-order valence-electron chi connectivity index (χ1n) is 5.59. The molecule has 5 heteroatoms. The van der Waals surface area contributed by atoms with E-state index in [1.54, 1.807) is 16.9 Å². The van der Waals surface area contributed by atoms with Crippen LogP contribution in [0.4, 0.5) is 0 Å². The van der Waals surface area contributed by atoms with Crippen LogP contribution in [0.5, 0.6) is 0 Å². The third-order valence-electron chi connectivity index (χ3n) is 2.39. The van der Waals surface area contributed by atoms with Gasteiger partial charge in [0.15, 0.2) is 0 Å². The largest absolute Gasteiger partial charge is 0.401 e. The van der Waals surface area contributed by atoms with E-state index in [2.05, 4.69) is 23.2 Å². The standard InChI is InChI=1S/C12H15N3OS/c1-3-4-8-16-15-10(2)12(14-17-15)11-6-5-7-13-9-11/h4-10H,3H2,1-2H3. The molecule has 2 rings (SSSR count). The monoisotopic (exact) mass is 249 g/mol. The molecule has 1 atom stereocenters. The number of allylic oxidation sites excluding steroid dienone is 1. The molecule has 0 radical (unpaired) electrons. The second kappa shape index (κ2) is 5.84. The fourth-order valence-electron chi connectivity index (χ4n) is 1.45. The van der Waals surface area contributed by atoms with Gasteiger partial charge in [-0.15, -0.1) is 0 Å². The van der Waals surface area contributed by atoms with Gasteiger partial charge in [-0.3, -0.25) is 4.98 Å². The van der Waals surface area contributed by atoms with Crippen LogP contribution < -0.4 is 0 Å². The van der Waals surface area contributed by atoms with E-state index in [1.165, 1.54) is 12.1 Å². The molecule has 0 spiro atoms. The van der Waals surface area contributed by atoms with E-state index in [4.69, 9.17) is 4.84 Å². The van der Waals surface area contributed by atoms with Gasteiger partial charge in [0.2, 0.25) is 0 Å². The SMILES string of the molecule is CCC=CON1SN=C(c2cccnc2)C1C. The smallest absolute Gasteiger partial charge is 0.108 e. The number of rotatable bonds is 4. The van der Waals surface area contributed by atoms with Crippen molar-refractivity contribution < 1.29 is 4.84 Å². The third-order valence-corrected chi connectivity index (χ3v) is 3.23. The first-order valence-corrected chi connectivity index (χ1v) is 6.32. The lowest BCUT2D eigenvalue weighted by atomic mass is 10.1. The van der Waals surface area contributed by atoms with Crippen LogP contribution in [-0.2, 0) is 4.84 Å². The predicted octanol–water partition coefficient (Wildman–Crippen LogP) is 2.99. The van der Waals surface area contributed by atoms with Crippen LogP contribution in [0, 0.1) is 0 Å². The van der Waals surface area contributed by atoms with E-state index in [0.29, 0.717) is 0 Å². The van der Waals surface area contributed by atoms with Gasteiger partial charge in [-0.1, -0.05) is 11.4 Å². The molecule has 1 aliphatic heterocycles. The zero-order valence-corrected chi connectivity index (χ0v) is 10.7. The number of hydrogen-bond acceptors (Lipinski definition) is 5. The summed E-state index contributed by atoms with van der Waals surface area (Å²) in [5, 5.41) is 0. The molecule has 0 saturated carbocycles. The van der Waals surface area contributed by atoms with Gasteiger partial charge in [-0.25, -0.2) is 0 Å². The van der Waals surface area contributed by atoms with Crippen LogP contribution in [0.2, 0.25) is 0 Å². The van der Waals surface area contributed by atoms with Gasteiger partial charge >= 0.3 is 0 Å². The minimum atomic E-state index is 0.116. The normalized spacial score (nSPS) is 20.8. The van der Waals surface area contributed by atoms with Crippen LogP contribution in [0.25, 0.3) is 0 Å². The Morgan fingerprint density at radius 1 is 1.59 bits per heavy atom. The van der Waals surface area contributed by atoms with Crippen molar-refractivity contribution in [2.45, 2.75) is 26.3 Å². The van der Waals surface area contributed by atoms with Gasteiger partial charge in [0.1, 0.15) is 24.4 Å². The van der Waals surface area contributed by atoms with Crippen molar-refractivity contribution in [1.29, 1.82) is 0 Å². The number of nitrogens with zero attached hydrogens (tertiary/aromatic N) is 3. The molecular weight excluding hydrogens is 234 g/mol. The lowest BCUT2D eigenvalue weighted by Crippen LogP contribution is -2.28. The first-order chi connectivity index (χ1) is 8.33. The summed E-state index contributed by atoms with van der Waals surface area (Å²) in [6.07, 6.45) is 8.21. The molecule has 0 N–H and O–H groups in total. The third kappa shape index (κ3) is 2.87. The summed E-state index contributed by atoms with van der Waals surface area (Å²) in [6, 6.07) is 4.04. The lowest BCUT2D eigenvalue weighted by molar-refractivity contribution is -0.0120. The Hall–Kier alpha value is -1.33. The van der Waals surface area contributed by atoms with Crippen molar-refractivity contribution >= 4 is 17.8 Å². The fraction of sp³-hybridized carbons (Fsp3) is 0.333. The molecule has 0 aromatic carbocycles. The zero-order valence-electron chi connectivity index (χ0n) is 9.91. The Labute approximate surface area is 106 Å². The summed E-state index contributed by atoms with van der Waals surface area (Å²) in [7, 11) is 0. The Bertz CT molecular complexity index is 419. The number of hydrogen-bond donors (Lipinski definition) is 0. The highest BCUT2D eigenvalue weighted by atomic mass is 32.2. The minimum Gasteiger partial charge on any atom is -0.401 e. The van der Waals surface area contributed by atoms with E-state index in [0.717, 1.165) is 17.7 Å². The lowest BCUT2D eigenvalue weighted by Gasteiger charge is -2.17. The van der Waals surface area contributed by atoms with Gasteiger partial charge in [-0.2, -0.15) is 4.40 Å². The molecule has 0 saturated heterocycles. The van der Waals surface area contributed by atoms with Crippen LogP contribution in [-0.4, -0.2) is 21.2 Å². The maximum Gasteiger partial charge on any atom is 0.108 e. The van der Waals surface area contributed by atoms with Crippen LogP contribution >= 0.6 is 12.1 Å². The van der Waals surface area contributed by atoms with Gasteiger partial charge in [0.25, 0.3) is 0 Å². The maximum atomic E-state index is 5.49. The average Bonchev–Trinajstić information content (AvgIpc) is 2.73. The highest BCUT2D eigenvalue weighted by molar-refractivity contribution is 7.96. The van der Waals surface area contributed by atoms with Crippen LogP contribution in [0.15, 0.2) is 41.3 Å². The summed E-state index contributed by atoms with van der Waals surface area (Å²) in [5.41, 5.74) is 2.03. The summed E-state index contributed by atoms with van der Waals surface area (Å²) in [4.78, 5) is 9.59. The highest BCUT2D eigenvalue weighted by Crippen LogP contribution is 2.28. The van der Waals surface area contributed by atoms with Crippen LogP contribution in [0.1, 0.15) is 25.8 Å². The molecule has 0 aliphatic carbocycles. The molecule has 0 fully saturated rings. The summed E-state index contributed by atoms with van der Waals surface area (Å²) in [6.45, 7) is 4.13. The molecule has 0 bridgehead atoms. The Kier molecular flexibility index (Phi) is 4.17. The quantitative estimate of drug-likeness (QED) is 0.607. The van der Waals surface area contributed by atoms with Gasteiger partial charge in [-0.05, 0) is 31.6 Å². The predicted molar refractivity (Wildman–Crippen MR) is 70.2 cm³/mol. The molecule has 4 nitrogen and oxygen atoms in total. The van der Waals surface area contributed by atoms with Crippen molar-refractivity contribution in [3.8, 4) is 0 Å². The van der Waals surface area contributed by atoms with Gasteiger partial charge < -0.3 is 4.84 Å². The maximum absolute atomic E-state index is 5.49. The molecular formula is C12H15N3OS. The second-order valence-electron chi connectivity index (χ2n) is 3.65. The van der Waals surface area contributed by atoms with E-state index in [1.807, 2.05) is 24.4 Å². The average molecular weight is 249 g/mol. The molecule has 1 aliphatic rings. The van der Waals surface area contributed by atoms with Gasteiger partial charge in [0, 0.05) is 18.0 Å². The molecule has 1 aromatic heterocycles. The van der Waals surface area contributed by atoms with E-state index < -0.39 is 0 Å². The molecule has 2 heterocycles. The summed E-state index contributed by atoms with van der Waals surface area (Å²) in [5.74, 6) is 0. The number of hydroxylamine groups is 1. The topological polar surface area (TPSA) is 37.7 Å². The van der Waals surface area contributed by atoms with Crippen molar-refractivity contribution in [2.24, 2.45) is 4.40 Å². The Balaban J connectivity index is 2.02. The minimum absolute atomic E-state index is 0.116. The Morgan fingerprint density at radius 3 is 3.18 bits per heavy atom. The summed E-state index contributed by atoms with van der Waals surface area (Å²) < 4.78 is 6.18. The van der Waals surface area contributed by atoms with E-state index >= 15 is 0 Å². The van der Waals surface area contributed by atoms with Crippen molar-refractivity contribution in [2.75, 3.05) is 0 Å². The molecule has 1 aromatic rings. The zero-order chi connectivity index (χ0) is 12.1. The second-order valence-corrected chi connectivity index (χ2v) is 4.35. The molecule has 0 amide bonds. The van der Waals surface area contributed by atoms with Gasteiger partial charge in [0.05, 0.1) is 5.71 Å². The number of aromatic nitrogens is 1. The van der Waals surface area contributed by atoms with Crippen molar-refractivity contribution in [1.82, 2.24) is 9.45 Å². The first kappa shape index (κ1) is 12.1. The summed E-state index contributed by atoms with van der Waals surface area (Å²) >= 11 is 1.32. The van der Waals surface area contributed by atoms with E-state index in [-0.39, 0.29) is 6.04 Å². The molecule has 90 valence electrons. The van der Waals surface area contributed by atoms with Crippen LogP contribution in [0.3, 0.4) is 0 Å². The molecule has 1 unspecified atom stereocenters. The fourth-order valence-corrected chi connectivity index (χ4v) is 2.20. The van der Waals surface area contributed by atoms with Crippen molar-refractivity contribution in [3.63, 3.8) is 0 Å². The highest BCUT2D eigenvalue weighted by Gasteiger charge is 2.28. The number of pyridine rings is 1.